The van der Waals surface area contributed by atoms with Crippen LogP contribution in [0.15, 0.2) is 29.4 Å². The number of alkyl halides is 1. The number of halogens is 2. The van der Waals surface area contributed by atoms with E-state index in [0.717, 1.165) is 6.42 Å². The zero-order chi connectivity index (χ0) is 34.2. The van der Waals surface area contributed by atoms with Crippen LogP contribution in [0.25, 0.3) is 0 Å². The van der Waals surface area contributed by atoms with Gasteiger partial charge in [0.25, 0.3) is 0 Å². The van der Waals surface area contributed by atoms with Gasteiger partial charge in [-0.3, -0.25) is 27.9 Å². The van der Waals surface area contributed by atoms with Crippen LogP contribution >= 0.6 is 48.4 Å². The number of rotatable bonds is 20. The summed E-state index contributed by atoms with van der Waals surface area (Å²) in [7, 11) is -8.09. The van der Waals surface area contributed by atoms with Crippen LogP contribution in [-0.2, 0) is 33.9 Å². The van der Waals surface area contributed by atoms with Gasteiger partial charge >= 0.3 is 78.3 Å². The van der Waals surface area contributed by atoms with Gasteiger partial charge in [0.05, 0.1) is 27.9 Å². The van der Waals surface area contributed by atoms with E-state index in [-0.39, 0.29) is 73.8 Å². The molecule has 4 heterocycles. The molecule has 0 aliphatic carbocycles. The molecule has 1 saturated heterocycles. The molecule has 6 atom stereocenters. The number of aldehydes is 1. The summed E-state index contributed by atoms with van der Waals surface area (Å²) in [6.07, 6.45) is 4.95. The van der Waals surface area contributed by atoms with Gasteiger partial charge in [0.2, 0.25) is 0 Å². The van der Waals surface area contributed by atoms with Gasteiger partial charge in [-0.05, 0) is 59.0 Å². The molecular formula is C26H35ClIN7O10P2U2+2. The van der Waals surface area contributed by atoms with Crippen LogP contribution in [0.3, 0.4) is 0 Å². The zero-order valence-electron chi connectivity index (χ0n) is 26.0. The fourth-order valence-electron chi connectivity index (χ4n) is 4.67. The number of fused-ring (bicyclic) bond motifs is 1. The van der Waals surface area contributed by atoms with Crippen molar-refractivity contribution >= 4 is 68.4 Å². The average Bonchev–Trinajstić information content (AvgIpc) is 3.57. The molecule has 23 heteroatoms. The smallest absolute Gasteiger partial charge is 0.469 e. The number of nitrogens with one attached hydrogen (secondary N) is 1. The predicted molar refractivity (Wildman–Crippen MR) is 179 cm³/mol. The van der Waals surface area contributed by atoms with Crippen molar-refractivity contribution in [2.24, 2.45) is 16.5 Å². The van der Waals surface area contributed by atoms with Crippen molar-refractivity contribution in [3.05, 3.63) is 67.4 Å². The monoisotopic (exact) mass is 1310 g/mol. The van der Waals surface area contributed by atoms with Crippen LogP contribution in [0.2, 0.25) is 0 Å². The SMILES string of the molecule is CC(N)=CCCc1c(C=O)ncn1[CH-]C(OP(=O)(O)OC[CH-]C(O[P+](=O)O)C(O)[CH-][n+]1c[nH]c2c1N=CI=C2N)C1([CH-]CCl)CCO1.[U+2].[U+2]. The standard InChI is InChI=1S/C26H35ClIN7O10P2.2U/c1-17(29)3-2-4-19-18(13-36)32-15-34(19)12-22(26(6-8-27)7-10-42-26)45-47(40,41)43-9-5-21(44-46(38)39)20(37)11-35-16-33-23-24(30)28-14-31-25(23)35;;/h3,5-6,11-16,20-22,33,37H,2,4,7-10,29-30H2,1H3,(H,38,39)(H,40,41);;/q-2;2*+2. The van der Waals surface area contributed by atoms with Gasteiger partial charge in [-0.15, -0.1) is 9.42 Å². The van der Waals surface area contributed by atoms with Crippen molar-refractivity contribution in [3.8, 4) is 0 Å². The second-order valence-corrected chi connectivity index (χ2v) is 14.9. The number of carbonyl (C=O) groups is 1. The first-order valence-electron chi connectivity index (χ1n) is 14.0. The van der Waals surface area contributed by atoms with Crippen LogP contribution in [0, 0.1) is 88.2 Å². The summed E-state index contributed by atoms with van der Waals surface area (Å²) in [4.78, 5) is 43.2. The molecule has 6 unspecified atom stereocenters. The number of nitrogens with zero attached hydrogens (tertiary/aromatic N) is 4. The Morgan fingerprint density at radius 3 is 2.80 bits per heavy atom. The Bertz CT molecular complexity index is 1570. The van der Waals surface area contributed by atoms with E-state index in [1.54, 1.807) is 23.6 Å². The number of aromatic amines is 1. The molecule has 0 bridgehead atoms. The zero-order valence-corrected chi connectivity index (χ0v) is 39.0. The summed E-state index contributed by atoms with van der Waals surface area (Å²) in [5.74, 6) is 0.446. The Morgan fingerprint density at radius 1 is 1.45 bits per heavy atom. The first kappa shape index (κ1) is 45.2. The van der Waals surface area contributed by atoms with Crippen molar-refractivity contribution in [3.63, 3.8) is 0 Å². The summed E-state index contributed by atoms with van der Waals surface area (Å²) in [5.41, 5.74) is 12.4. The number of H-pyrrole nitrogens is 1. The van der Waals surface area contributed by atoms with Crippen LogP contribution in [0.4, 0.5) is 5.82 Å². The Hall–Kier alpha value is 0.0439. The molecule has 2 aromatic heterocycles. The van der Waals surface area contributed by atoms with E-state index in [1.165, 1.54) is 34.9 Å². The first-order chi connectivity index (χ1) is 22.4. The van der Waals surface area contributed by atoms with Gasteiger partial charge < -0.3 is 44.1 Å². The van der Waals surface area contributed by atoms with Crippen molar-refractivity contribution in [1.29, 1.82) is 0 Å². The fourth-order valence-corrected chi connectivity index (χ4v) is 7.62. The molecule has 2 aliphatic rings. The molecule has 0 aromatic carbocycles. The number of nitrogens with two attached hydrogens (primary N) is 2. The molecule has 0 spiro atoms. The third kappa shape index (κ3) is 12.6. The summed E-state index contributed by atoms with van der Waals surface area (Å²) in [6, 6.07) is 0. The summed E-state index contributed by atoms with van der Waals surface area (Å²) >= 11 is 5.43. The van der Waals surface area contributed by atoms with E-state index >= 15 is 0 Å². The van der Waals surface area contributed by atoms with Gasteiger partial charge in [0.1, 0.15) is 9.92 Å². The van der Waals surface area contributed by atoms with E-state index < -0.39 is 67.3 Å². The van der Waals surface area contributed by atoms with E-state index in [1.807, 2.05) is 0 Å². The number of phosphoric ester groups is 1. The molecule has 1 fully saturated rings. The van der Waals surface area contributed by atoms with Gasteiger partial charge in [0, 0.05) is 23.0 Å². The number of aliphatic hydroxyl groups excluding tert-OH is 1. The molecule has 264 valence electrons. The second-order valence-electron chi connectivity index (χ2n) is 10.2. The van der Waals surface area contributed by atoms with E-state index in [4.69, 9.17) is 41.4 Å². The molecule has 8 N–H and O–H groups in total. The molecular weight excluding hydrogens is 1270 g/mol. The van der Waals surface area contributed by atoms with Gasteiger partial charge in [-0.2, -0.15) is 16.6 Å². The molecule has 4 rings (SSSR count). The summed E-state index contributed by atoms with van der Waals surface area (Å²) in [5, 5.41) is 10.8. The topological polar surface area (TPSA) is 251 Å². The number of aliphatic imine (C=N–C) groups is 1. The normalized spacial score (nSPS) is 20.4. The molecule has 2 aromatic rings. The van der Waals surface area contributed by atoms with E-state index in [0.29, 0.717) is 58.7 Å². The maximum Gasteiger partial charge on any atom is 2.00 e. The second kappa shape index (κ2) is 21.1. The number of aromatic nitrogens is 4. The summed E-state index contributed by atoms with van der Waals surface area (Å²) < 4.78 is 51.5. The molecule has 0 saturated carbocycles. The molecule has 17 nitrogen and oxygen atoms in total. The van der Waals surface area contributed by atoms with Gasteiger partial charge in [-0.25, -0.2) is 4.57 Å². The summed E-state index contributed by atoms with van der Waals surface area (Å²) in [6.45, 7) is 4.11. The minimum Gasteiger partial charge on any atom is -0.469 e. The maximum absolute atomic E-state index is 13.2. The van der Waals surface area contributed by atoms with Crippen molar-refractivity contribution in [2.75, 3.05) is 19.1 Å². The number of ether oxygens (including phenoxy) is 1. The number of allylic oxidation sites excluding steroid dienone is 2. The Morgan fingerprint density at radius 2 is 2.18 bits per heavy atom. The van der Waals surface area contributed by atoms with Crippen molar-refractivity contribution in [2.45, 2.75) is 50.1 Å². The minimum absolute atomic E-state index is 0. The number of phosphoric acid groups is 1. The molecule has 2 aliphatic heterocycles. The molecule has 0 radical (unpaired) electrons. The third-order valence-electron chi connectivity index (χ3n) is 7.02. The van der Waals surface area contributed by atoms with Crippen LogP contribution < -0.4 is 16.0 Å². The Labute approximate surface area is 346 Å². The quantitative estimate of drug-likeness (QED) is 0.0276. The van der Waals surface area contributed by atoms with E-state index in [9.17, 15) is 28.8 Å². The van der Waals surface area contributed by atoms with Gasteiger partial charge in [0.15, 0.2) is 12.1 Å². The van der Waals surface area contributed by atoms with Crippen molar-refractivity contribution < 1.29 is 114 Å². The number of aliphatic hydroxyl groups is 1. The number of hydrogen-bond donors (Lipinski definition) is 6. The van der Waals surface area contributed by atoms with Crippen molar-refractivity contribution in [1.82, 2.24) is 14.5 Å². The first-order valence-corrected chi connectivity index (χ1v) is 19.4. The fraction of sp³-hybridized carbons (Fsp3) is 0.423. The molecule has 0 amide bonds. The largest absolute Gasteiger partial charge is 2.00 e. The molecule has 49 heavy (non-hydrogen) atoms. The van der Waals surface area contributed by atoms with Gasteiger partial charge in [-0.1, -0.05) is 37.2 Å². The van der Waals surface area contributed by atoms with Crippen LogP contribution in [0.5, 0.6) is 0 Å². The van der Waals surface area contributed by atoms with Crippen LogP contribution in [0.1, 0.15) is 41.6 Å². The Kier molecular flexibility index (Phi) is 19.4. The average molecular weight is 1310 g/mol. The number of hydrogen-bond acceptors (Lipinski definition) is 12. The minimum atomic E-state index is -4.90. The van der Waals surface area contributed by atoms with Crippen LogP contribution in [-0.4, -0.2) is 86.6 Å². The maximum atomic E-state index is 13.2. The Balaban J connectivity index is 0.00000417. The van der Waals surface area contributed by atoms with E-state index in [2.05, 4.69) is 15.0 Å². The number of imidazole rings is 2. The third-order valence-corrected chi connectivity index (χ3v) is 10.3. The predicted octanol–water partition coefficient (Wildman–Crippen LogP) is 1.61. The number of carbonyl (C=O) groups excluding carboxylic acids is 1.